The van der Waals surface area contributed by atoms with Crippen LogP contribution in [0.3, 0.4) is 0 Å². The lowest BCUT2D eigenvalue weighted by atomic mass is 10.1. The van der Waals surface area contributed by atoms with E-state index in [2.05, 4.69) is 21.6 Å². The van der Waals surface area contributed by atoms with E-state index in [-0.39, 0.29) is 40.8 Å². The molecule has 0 aliphatic carbocycles. The van der Waals surface area contributed by atoms with E-state index in [0.717, 1.165) is 0 Å². The number of methoxy groups -OCH3 is 1. The quantitative estimate of drug-likeness (QED) is 0.406. The Hall–Kier alpha value is -3.53. The number of H-pyrrole nitrogens is 1. The predicted molar refractivity (Wildman–Crippen MR) is 114 cm³/mol. The van der Waals surface area contributed by atoms with Crippen LogP contribution >= 0.6 is 12.2 Å². The van der Waals surface area contributed by atoms with Gasteiger partial charge in [-0.3, -0.25) is 14.2 Å². The Morgan fingerprint density at radius 2 is 2.06 bits per heavy atom. The number of aromatic amines is 1. The lowest BCUT2D eigenvalue weighted by Crippen LogP contribution is -2.24. The molecular weight excluding hydrogens is 428 g/mol. The van der Waals surface area contributed by atoms with Gasteiger partial charge in [0.05, 0.1) is 18.0 Å². The third kappa shape index (κ3) is 4.97. The molecule has 0 fully saturated rings. The van der Waals surface area contributed by atoms with E-state index >= 15 is 0 Å². The smallest absolute Gasteiger partial charge is 0.387 e. The van der Waals surface area contributed by atoms with Gasteiger partial charge in [0.2, 0.25) is 0 Å². The van der Waals surface area contributed by atoms with E-state index in [1.807, 2.05) is 0 Å². The number of carbonyl (C=O) groups excluding carboxylic acids is 1. The van der Waals surface area contributed by atoms with Crippen LogP contribution in [0, 0.1) is 4.77 Å². The fourth-order valence-corrected chi connectivity index (χ4v) is 3.26. The molecule has 1 heterocycles. The normalized spacial score (nSPS) is 10.8. The Labute approximate surface area is 180 Å². The second-order valence-corrected chi connectivity index (χ2v) is 6.83. The Morgan fingerprint density at radius 1 is 1.29 bits per heavy atom. The number of amides is 1. The maximum atomic E-state index is 12.6. The number of nitrogens with zero attached hydrogens (tertiary/aromatic N) is 1. The summed E-state index contributed by atoms with van der Waals surface area (Å²) >= 11 is 5.21. The van der Waals surface area contributed by atoms with Gasteiger partial charge in [0.25, 0.3) is 11.5 Å². The number of hydrogen-bond acceptors (Lipinski definition) is 5. The van der Waals surface area contributed by atoms with Crippen LogP contribution in [0.1, 0.15) is 15.9 Å². The van der Waals surface area contributed by atoms with Crippen molar-refractivity contribution in [1.29, 1.82) is 0 Å². The average Bonchev–Trinajstić information content (AvgIpc) is 2.74. The van der Waals surface area contributed by atoms with Crippen LogP contribution in [0.15, 0.2) is 53.8 Å². The topological polar surface area (TPSA) is 85.3 Å². The molecule has 0 unspecified atom stereocenters. The minimum absolute atomic E-state index is 0.0977. The van der Waals surface area contributed by atoms with Gasteiger partial charge in [-0.1, -0.05) is 12.1 Å². The molecule has 1 aromatic heterocycles. The first-order chi connectivity index (χ1) is 14.8. The second-order valence-electron chi connectivity index (χ2n) is 6.44. The van der Waals surface area contributed by atoms with Crippen molar-refractivity contribution >= 4 is 29.0 Å². The molecule has 2 aromatic carbocycles. The number of halogens is 2. The van der Waals surface area contributed by atoms with E-state index in [4.69, 9.17) is 17.0 Å². The molecule has 0 atom stereocenters. The number of carbonyl (C=O) groups is 1. The van der Waals surface area contributed by atoms with Crippen LogP contribution in [0.4, 0.5) is 8.78 Å². The number of ether oxygens (including phenoxy) is 2. The first-order valence-corrected chi connectivity index (χ1v) is 9.52. The summed E-state index contributed by atoms with van der Waals surface area (Å²) < 4.78 is 35.9. The highest BCUT2D eigenvalue weighted by atomic mass is 32.1. The molecule has 0 saturated heterocycles. The van der Waals surface area contributed by atoms with Gasteiger partial charge in [0, 0.05) is 18.7 Å². The Kier molecular flexibility index (Phi) is 6.81. The zero-order valence-electron chi connectivity index (χ0n) is 16.5. The lowest BCUT2D eigenvalue weighted by Gasteiger charge is -2.12. The number of benzene rings is 2. The van der Waals surface area contributed by atoms with Crippen molar-refractivity contribution in [3.8, 4) is 11.5 Å². The molecular formula is C21H19F2N3O4S. The lowest BCUT2D eigenvalue weighted by molar-refractivity contribution is -0.0512. The van der Waals surface area contributed by atoms with Crippen molar-refractivity contribution in [2.45, 2.75) is 19.7 Å². The van der Waals surface area contributed by atoms with E-state index in [1.54, 1.807) is 24.3 Å². The molecule has 7 nitrogen and oxygen atoms in total. The van der Waals surface area contributed by atoms with Crippen LogP contribution in [0.2, 0.25) is 0 Å². The molecule has 31 heavy (non-hydrogen) atoms. The molecule has 2 N–H and O–H groups in total. The molecule has 0 bridgehead atoms. The first-order valence-electron chi connectivity index (χ1n) is 9.11. The summed E-state index contributed by atoms with van der Waals surface area (Å²) in [4.78, 5) is 28.1. The number of fused-ring (bicyclic) bond motifs is 1. The zero-order chi connectivity index (χ0) is 22.5. The number of aromatic nitrogens is 2. The minimum atomic E-state index is -2.97. The summed E-state index contributed by atoms with van der Waals surface area (Å²) in [5.41, 5.74) is 1.12. The highest BCUT2D eigenvalue weighted by molar-refractivity contribution is 7.71. The van der Waals surface area contributed by atoms with E-state index in [0.29, 0.717) is 22.0 Å². The van der Waals surface area contributed by atoms with E-state index < -0.39 is 6.61 Å². The van der Waals surface area contributed by atoms with Gasteiger partial charge in [0.15, 0.2) is 16.3 Å². The summed E-state index contributed by atoms with van der Waals surface area (Å²) in [7, 11) is 1.33. The second kappa shape index (κ2) is 9.52. The van der Waals surface area contributed by atoms with E-state index in [9.17, 15) is 18.4 Å². The van der Waals surface area contributed by atoms with Crippen LogP contribution in [0.25, 0.3) is 10.9 Å². The summed E-state index contributed by atoms with van der Waals surface area (Å²) in [5, 5.41) is 3.13. The van der Waals surface area contributed by atoms with Crippen LogP contribution in [0.5, 0.6) is 11.5 Å². The van der Waals surface area contributed by atoms with Gasteiger partial charge in [-0.2, -0.15) is 8.78 Å². The fourth-order valence-electron chi connectivity index (χ4n) is 2.99. The number of rotatable bonds is 8. The van der Waals surface area contributed by atoms with Crippen molar-refractivity contribution in [2.24, 2.45) is 0 Å². The molecule has 0 radical (unpaired) electrons. The summed E-state index contributed by atoms with van der Waals surface area (Å²) in [6.45, 7) is 1.04. The Balaban J connectivity index is 1.79. The third-order valence-electron chi connectivity index (χ3n) is 4.45. The summed E-state index contributed by atoms with van der Waals surface area (Å²) in [6, 6.07) is 9.01. The predicted octanol–water partition coefficient (Wildman–Crippen LogP) is 3.79. The average molecular weight is 447 g/mol. The Morgan fingerprint density at radius 3 is 2.74 bits per heavy atom. The largest absolute Gasteiger partial charge is 0.493 e. The van der Waals surface area contributed by atoms with Gasteiger partial charge in [-0.15, -0.1) is 6.58 Å². The number of alkyl halides is 2. The van der Waals surface area contributed by atoms with Crippen molar-refractivity contribution in [1.82, 2.24) is 14.9 Å². The maximum Gasteiger partial charge on any atom is 0.387 e. The van der Waals surface area contributed by atoms with Crippen molar-refractivity contribution in [3.05, 3.63) is 75.3 Å². The molecule has 0 saturated carbocycles. The first kappa shape index (κ1) is 22.2. The molecule has 162 valence electrons. The van der Waals surface area contributed by atoms with Crippen molar-refractivity contribution < 1.29 is 23.0 Å². The maximum absolute atomic E-state index is 12.6. The molecule has 0 aliphatic rings. The van der Waals surface area contributed by atoms with Gasteiger partial charge < -0.3 is 19.8 Å². The SMILES string of the molecule is C=CCn1c(=S)[nH]c2cc(C(=O)NCc3ccc(OC(F)F)c(OC)c3)ccc2c1=O. The monoisotopic (exact) mass is 447 g/mol. The van der Waals surface area contributed by atoms with Crippen molar-refractivity contribution in [2.75, 3.05) is 7.11 Å². The van der Waals surface area contributed by atoms with Crippen molar-refractivity contribution in [3.63, 3.8) is 0 Å². The minimum Gasteiger partial charge on any atom is -0.493 e. The summed E-state index contributed by atoms with van der Waals surface area (Å²) in [6.07, 6.45) is 1.57. The highest BCUT2D eigenvalue weighted by Crippen LogP contribution is 2.29. The highest BCUT2D eigenvalue weighted by Gasteiger charge is 2.13. The van der Waals surface area contributed by atoms with Crippen LogP contribution < -0.4 is 20.3 Å². The zero-order valence-corrected chi connectivity index (χ0v) is 17.3. The molecule has 0 spiro atoms. The standard InChI is InChI=1S/C21H19F2N3O4S/c1-3-8-26-19(28)14-6-5-13(10-15(14)25-21(26)31)18(27)24-11-12-4-7-16(30-20(22)23)17(9-12)29-2/h3-7,9-10,20H,1,8,11H2,2H3,(H,24,27)(H,25,31). The molecule has 1 amide bonds. The van der Waals surface area contributed by atoms with E-state index in [1.165, 1.54) is 29.9 Å². The number of nitrogens with one attached hydrogen (secondary N) is 2. The van der Waals surface area contributed by atoms with Gasteiger partial charge >= 0.3 is 6.61 Å². The molecule has 10 heteroatoms. The number of allylic oxidation sites excluding steroid dienone is 1. The summed E-state index contributed by atoms with van der Waals surface area (Å²) in [5.74, 6) is -0.357. The molecule has 3 aromatic rings. The molecule has 0 aliphatic heterocycles. The van der Waals surface area contributed by atoms with Gasteiger partial charge in [0.1, 0.15) is 0 Å². The fraction of sp³-hybridized carbons (Fsp3) is 0.190. The van der Waals surface area contributed by atoms with Gasteiger partial charge in [-0.25, -0.2) is 0 Å². The van der Waals surface area contributed by atoms with Crippen LogP contribution in [-0.4, -0.2) is 29.2 Å². The number of hydrogen-bond donors (Lipinski definition) is 2. The van der Waals surface area contributed by atoms with Crippen LogP contribution in [-0.2, 0) is 13.1 Å². The molecule has 3 rings (SSSR count). The third-order valence-corrected chi connectivity index (χ3v) is 4.78. The Bertz CT molecular complexity index is 1250. The van der Waals surface area contributed by atoms with Gasteiger partial charge in [-0.05, 0) is 48.1 Å².